The molecule has 1 saturated heterocycles. The number of nitrogen functional groups attached to an aromatic ring is 1. The predicted octanol–water partition coefficient (Wildman–Crippen LogP) is 3.66. The third kappa shape index (κ3) is 3.70. The molecule has 0 bridgehead atoms. The van der Waals surface area contributed by atoms with Crippen molar-refractivity contribution in [3.05, 3.63) is 35.4 Å². The number of anilines is 1. The number of aliphatic imine (C=N–C) groups is 1. The average molecular weight is 351 g/mol. The summed E-state index contributed by atoms with van der Waals surface area (Å²) in [5, 5.41) is 8.87. The van der Waals surface area contributed by atoms with Crippen LogP contribution >= 0.6 is 0 Å². The summed E-state index contributed by atoms with van der Waals surface area (Å²) in [5.74, 6) is 1.10. The van der Waals surface area contributed by atoms with E-state index >= 15 is 0 Å². The first kappa shape index (κ1) is 18.3. The number of hydrogen-bond donors (Lipinski definition) is 1. The Morgan fingerprint density at radius 2 is 1.92 bits per heavy atom. The van der Waals surface area contributed by atoms with E-state index in [1.807, 2.05) is 26.4 Å². The Labute approximate surface area is 156 Å². The SMILES string of the molecule is CN1CC(c2ccc(N)c(C3=CCC(C)(C)CC3)c2)CN(C)C1=NC#N. The van der Waals surface area contributed by atoms with Crippen molar-refractivity contribution in [3.8, 4) is 6.19 Å². The lowest BCUT2D eigenvalue weighted by atomic mass is 9.76. The molecule has 0 amide bonds. The van der Waals surface area contributed by atoms with E-state index in [9.17, 15) is 0 Å². The molecule has 1 aliphatic heterocycles. The molecule has 138 valence electrons. The van der Waals surface area contributed by atoms with E-state index in [0.717, 1.165) is 37.6 Å². The Balaban J connectivity index is 1.86. The van der Waals surface area contributed by atoms with Crippen molar-refractivity contribution in [2.75, 3.05) is 32.9 Å². The van der Waals surface area contributed by atoms with Gasteiger partial charge in [-0.05, 0) is 47.9 Å². The van der Waals surface area contributed by atoms with E-state index in [1.165, 1.54) is 23.1 Å². The van der Waals surface area contributed by atoms with Gasteiger partial charge in [0.25, 0.3) is 0 Å². The highest BCUT2D eigenvalue weighted by molar-refractivity contribution is 5.81. The maximum atomic E-state index is 8.87. The minimum Gasteiger partial charge on any atom is -0.398 e. The molecule has 0 radical (unpaired) electrons. The van der Waals surface area contributed by atoms with E-state index in [4.69, 9.17) is 11.0 Å². The first-order chi connectivity index (χ1) is 12.3. The number of nitriles is 1. The molecule has 2 aliphatic rings. The lowest BCUT2D eigenvalue weighted by molar-refractivity contribution is 0.287. The minimum atomic E-state index is 0.364. The third-order valence-corrected chi connectivity index (χ3v) is 5.69. The number of likely N-dealkylation sites (N-methyl/N-ethyl adjacent to an activating group) is 2. The summed E-state index contributed by atoms with van der Waals surface area (Å²) in [6, 6.07) is 6.47. The fraction of sp³-hybridized carbons (Fsp3) is 0.524. The molecular formula is C21H29N5. The van der Waals surface area contributed by atoms with E-state index < -0.39 is 0 Å². The number of rotatable bonds is 2. The van der Waals surface area contributed by atoms with Crippen molar-refractivity contribution in [2.45, 2.75) is 39.0 Å². The van der Waals surface area contributed by atoms with Crippen LogP contribution in [0.2, 0.25) is 0 Å². The van der Waals surface area contributed by atoms with Gasteiger partial charge in [-0.15, -0.1) is 4.99 Å². The number of allylic oxidation sites excluding steroid dienone is 2. The summed E-state index contributed by atoms with van der Waals surface area (Å²) < 4.78 is 0. The first-order valence-electron chi connectivity index (χ1n) is 9.28. The zero-order chi connectivity index (χ0) is 18.9. The fourth-order valence-corrected chi connectivity index (χ4v) is 4.03. The van der Waals surface area contributed by atoms with Gasteiger partial charge in [0.1, 0.15) is 0 Å². The summed E-state index contributed by atoms with van der Waals surface area (Å²) in [6.07, 6.45) is 7.66. The molecule has 0 saturated carbocycles. The van der Waals surface area contributed by atoms with Gasteiger partial charge >= 0.3 is 0 Å². The normalized spacial score (nSPS) is 22.7. The predicted molar refractivity (Wildman–Crippen MR) is 108 cm³/mol. The van der Waals surface area contributed by atoms with Gasteiger partial charge in [-0.3, -0.25) is 0 Å². The van der Waals surface area contributed by atoms with Crippen LogP contribution in [0.3, 0.4) is 0 Å². The average Bonchev–Trinajstić information content (AvgIpc) is 2.59. The third-order valence-electron chi connectivity index (χ3n) is 5.69. The quantitative estimate of drug-likeness (QED) is 0.652. The highest BCUT2D eigenvalue weighted by atomic mass is 15.4. The van der Waals surface area contributed by atoms with Crippen LogP contribution in [0.15, 0.2) is 29.3 Å². The smallest absolute Gasteiger partial charge is 0.212 e. The Hall–Kier alpha value is -2.48. The molecule has 1 aromatic carbocycles. The molecule has 1 aliphatic carbocycles. The number of nitrogens with two attached hydrogens (primary N) is 1. The molecule has 26 heavy (non-hydrogen) atoms. The van der Waals surface area contributed by atoms with Crippen molar-refractivity contribution in [2.24, 2.45) is 10.4 Å². The molecule has 2 N–H and O–H groups in total. The lowest BCUT2D eigenvalue weighted by Crippen LogP contribution is -2.49. The van der Waals surface area contributed by atoms with Crippen molar-refractivity contribution >= 4 is 17.2 Å². The van der Waals surface area contributed by atoms with Gasteiger partial charge < -0.3 is 15.5 Å². The molecule has 1 fully saturated rings. The van der Waals surface area contributed by atoms with Gasteiger partial charge in [0.15, 0.2) is 0 Å². The Morgan fingerprint density at radius 1 is 1.23 bits per heavy atom. The topological polar surface area (TPSA) is 68.7 Å². The molecule has 0 spiro atoms. The number of guanidine groups is 1. The van der Waals surface area contributed by atoms with E-state index in [1.54, 1.807) is 0 Å². The van der Waals surface area contributed by atoms with E-state index in [2.05, 4.69) is 46.8 Å². The van der Waals surface area contributed by atoms with Crippen LogP contribution in [0, 0.1) is 16.9 Å². The van der Waals surface area contributed by atoms with Gasteiger partial charge in [-0.2, -0.15) is 5.26 Å². The van der Waals surface area contributed by atoms with Crippen molar-refractivity contribution in [1.82, 2.24) is 9.80 Å². The summed E-state index contributed by atoms with van der Waals surface area (Å²) in [6.45, 7) is 6.35. The Bertz CT molecular complexity index is 770. The zero-order valence-electron chi connectivity index (χ0n) is 16.3. The molecular weight excluding hydrogens is 322 g/mol. The van der Waals surface area contributed by atoms with Crippen LogP contribution < -0.4 is 5.73 Å². The van der Waals surface area contributed by atoms with Gasteiger partial charge in [0.2, 0.25) is 12.2 Å². The molecule has 5 nitrogen and oxygen atoms in total. The van der Waals surface area contributed by atoms with Crippen LogP contribution in [-0.4, -0.2) is 42.9 Å². The monoisotopic (exact) mass is 351 g/mol. The molecule has 0 unspecified atom stereocenters. The molecule has 0 atom stereocenters. The Morgan fingerprint density at radius 3 is 2.50 bits per heavy atom. The maximum Gasteiger partial charge on any atom is 0.212 e. The van der Waals surface area contributed by atoms with Crippen LogP contribution in [0.5, 0.6) is 0 Å². The van der Waals surface area contributed by atoms with Crippen LogP contribution in [0.25, 0.3) is 5.57 Å². The van der Waals surface area contributed by atoms with E-state index in [-0.39, 0.29) is 0 Å². The number of benzene rings is 1. The summed E-state index contributed by atoms with van der Waals surface area (Å²) in [4.78, 5) is 8.04. The number of nitrogens with zero attached hydrogens (tertiary/aromatic N) is 4. The summed E-state index contributed by atoms with van der Waals surface area (Å²) >= 11 is 0. The summed E-state index contributed by atoms with van der Waals surface area (Å²) in [5.41, 5.74) is 11.4. The number of hydrogen-bond acceptors (Lipinski definition) is 3. The van der Waals surface area contributed by atoms with Crippen LogP contribution in [-0.2, 0) is 0 Å². The first-order valence-corrected chi connectivity index (χ1v) is 9.28. The van der Waals surface area contributed by atoms with Crippen LogP contribution in [0.4, 0.5) is 5.69 Å². The molecule has 5 heteroatoms. The van der Waals surface area contributed by atoms with Gasteiger partial charge in [0.05, 0.1) is 0 Å². The van der Waals surface area contributed by atoms with Gasteiger partial charge in [0, 0.05) is 44.4 Å². The standard InChI is InChI=1S/C21H29N5/c1-21(2)9-7-15(8-10-21)18-11-16(5-6-19(18)23)17-12-25(3)20(24-14-22)26(4)13-17/h5-7,11,17H,8-10,12-13,23H2,1-4H3. The maximum absolute atomic E-state index is 8.87. The van der Waals surface area contributed by atoms with Crippen molar-refractivity contribution in [3.63, 3.8) is 0 Å². The van der Waals surface area contributed by atoms with Crippen molar-refractivity contribution < 1.29 is 0 Å². The second-order valence-corrected chi connectivity index (χ2v) is 8.41. The fourth-order valence-electron chi connectivity index (χ4n) is 4.03. The highest BCUT2D eigenvalue weighted by Gasteiger charge is 2.28. The minimum absolute atomic E-state index is 0.364. The van der Waals surface area contributed by atoms with Gasteiger partial charge in [-0.1, -0.05) is 26.0 Å². The van der Waals surface area contributed by atoms with E-state index in [0.29, 0.717) is 11.3 Å². The molecule has 1 heterocycles. The van der Waals surface area contributed by atoms with Crippen LogP contribution in [0.1, 0.15) is 50.2 Å². The lowest BCUT2D eigenvalue weighted by Gasteiger charge is -2.39. The highest BCUT2D eigenvalue weighted by Crippen LogP contribution is 2.40. The van der Waals surface area contributed by atoms with Gasteiger partial charge in [-0.25, -0.2) is 0 Å². The second-order valence-electron chi connectivity index (χ2n) is 8.41. The molecule has 3 rings (SSSR count). The summed E-state index contributed by atoms with van der Waals surface area (Å²) in [7, 11) is 3.98. The van der Waals surface area contributed by atoms with Crippen molar-refractivity contribution in [1.29, 1.82) is 5.26 Å². The second kappa shape index (κ2) is 7.03. The zero-order valence-corrected chi connectivity index (χ0v) is 16.3. The molecule has 1 aromatic rings. The largest absolute Gasteiger partial charge is 0.398 e. The Kier molecular flexibility index (Phi) is 4.95. The molecule has 0 aromatic heterocycles.